The van der Waals surface area contributed by atoms with Crippen molar-refractivity contribution in [3.63, 3.8) is 0 Å². The van der Waals surface area contributed by atoms with Crippen molar-refractivity contribution < 1.29 is 4.39 Å². The second-order valence-corrected chi connectivity index (χ2v) is 4.40. The first-order valence-corrected chi connectivity index (χ1v) is 5.52. The summed E-state index contributed by atoms with van der Waals surface area (Å²) in [5.41, 5.74) is 2.61. The standard InChI is InChI=1S/C12H15BClF/c1-5-9-6-12(15)10(8(2)14)7-11(9)13(3)4/h6-7H,2,5H2,1,3-4H3. The molecule has 0 aliphatic rings. The van der Waals surface area contributed by atoms with Gasteiger partial charge in [-0.15, -0.1) is 0 Å². The van der Waals surface area contributed by atoms with Crippen LogP contribution in [0.2, 0.25) is 13.6 Å². The Morgan fingerprint density at radius 3 is 2.47 bits per heavy atom. The monoisotopic (exact) mass is 224 g/mol. The normalized spacial score (nSPS) is 10.2. The minimum Gasteiger partial charge on any atom is -0.206 e. The molecular formula is C12H15BClF. The Morgan fingerprint density at radius 1 is 1.47 bits per heavy atom. The third-order valence-electron chi connectivity index (χ3n) is 2.52. The third kappa shape index (κ3) is 2.63. The molecule has 0 atom stereocenters. The maximum Gasteiger partial charge on any atom is 0.169 e. The predicted molar refractivity (Wildman–Crippen MR) is 67.8 cm³/mol. The molecule has 0 fully saturated rings. The molecule has 0 spiro atoms. The molecule has 0 radical (unpaired) electrons. The van der Waals surface area contributed by atoms with Gasteiger partial charge in [0.2, 0.25) is 0 Å². The predicted octanol–water partition coefficient (Wildman–Crippen LogP) is 3.56. The maximum absolute atomic E-state index is 13.6. The first-order valence-electron chi connectivity index (χ1n) is 5.14. The van der Waals surface area contributed by atoms with Crippen LogP contribution in [0.4, 0.5) is 4.39 Å². The summed E-state index contributed by atoms with van der Waals surface area (Å²) in [5.74, 6) is -0.281. The van der Waals surface area contributed by atoms with E-state index < -0.39 is 0 Å². The van der Waals surface area contributed by atoms with Gasteiger partial charge in [-0.25, -0.2) is 4.39 Å². The van der Waals surface area contributed by atoms with Crippen molar-refractivity contribution in [1.82, 2.24) is 0 Å². The highest BCUT2D eigenvalue weighted by Gasteiger charge is 2.13. The van der Waals surface area contributed by atoms with E-state index in [-0.39, 0.29) is 10.8 Å². The molecule has 0 amide bonds. The van der Waals surface area contributed by atoms with Crippen molar-refractivity contribution in [3.05, 3.63) is 35.7 Å². The van der Waals surface area contributed by atoms with Crippen molar-refractivity contribution in [1.29, 1.82) is 0 Å². The molecule has 80 valence electrons. The molecule has 0 nitrogen and oxygen atoms in total. The molecule has 0 saturated heterocycles. The van der Waals surface area contributed by atoms with Crippen molar-refractivity contribution in [2.45, 2.75) is 27.0 Å². The zero-order chi connectivity index (χ0) is 11.6. The Bertz CT molecular complexity index is 385. The molecule has 0 aliphatic carbocycles. The van der Waals surface area contributed by atoms with Gasteiger partial charge in [0.25, 0.3) is 0 Å². The van der Waals surface area contributed by atoms with Gasteiger partial charge in [0.1, 0.15) is 5.82 Å². The highest BCUT2D eigenvalue weighted by molar-refractivity contribution is 6.71. The van der Waals surface area contributed by atoms with Gasteiger partial charge in [0, 0.05) is 10.6 Å². The summed E-state index contributed by atoms with van der Waals surface area (Å²) < 4.78 is 13.6. The summed E-state index contributed by atoms with van der Waals surface area (Å²) in [4.78, 5) is 0. The van der Waals surface area contributed by atoms with Crippen LogP contribution >= 0.6 is 11.6 Å². The fourth-order valence-electron chi connectivity index (χ4n) is 1.68. The lowest BCUT2D eigenvalue weighted by Crippen LogP contribution is -2.27. The Morgan fingerprint density at radius 2 is 2.07 bits per heavy atom. The number of rotatable bonds is 3. The molecule has 0 N–H and O–H groups in total. The number of hydrogen-bond acceptors (Lipinski definition) is 0. The van der Waals surface area contributed by atoms with Gasteiger partial charge in [0.15, 0.2) is 6.71 Å². The van der Waals surface area contributed by atoms with Crippen molar-refractivity contribution in [2.75, 3.05) is 0 Å². The van der Waals surface area contributed by atoms with Gasteiger partial charge in [0.05, 0.1) is 0 Å². The molecule has 0 saturated carbocycles. The van der Waals surface area contributed by atoms with E-state index in [1.807, 2.05) is 13.0 Å². The van der Waals surface area contributed by atoms with E-state index in [4.69, 9.17) is 11.6 Å². The third-order valence-corrected chi connectivity index (χ3v) is 2.73. The average Bonchev–Trinajstić information content (AvgIpc) is 2.16. The van der Waals surface area contributed by atoms with Crippen LogP contribution in [0.1, 0.15) is 18.1 Å². The lowest BCUT2D eigenvalue weighted by atomic mass is 9.48. The van der Waals surface area contributed by atoms with E-state index in [9.17, 15) is 4.39 Å². The molecule has 0 heterocycles. The molecule has 0 unspecified atom stereocenters. The fraction of sp³-hybridized carbons (Fsp3) is 0.333. The molecule has 1 rings (SSSR count). The van der Waals surface area contributed by atoms with E-state index in [0.29, 0.717) is 12.3 Å². The minimum absolute atomic E-state index is 0.261. The number of benzene rings is 1. The SMILES string of the molecule is C=C(Cl)c1cc(B(C)C)c(CC)cc1F. The smallest absolute Gasteiger partial charge is 0.169 e. The second kappa shape index (κ2) is 4.85. The Labute approximate surface area is 96.2 Å². The van der Waals surface area contributed by atoms with Gasteiger partial charge in [-0.05, 0) is 12.5 Å². The summed E-state index contributed by atoms with van der Waals surface area (Å²) in [5, 5.41) is 0.261. The van der Waals surface area contributed by atoms with Crippen LogP contribution in [0, 0.1) is 5.82 Å². The molecule has 0 aromatic heterocycles. The van der Waals surface area contributed by atoms with Crippen LogP contribution in [0.3, 0.4) is 0 Å². The van der Waals surface area contributed by atoms with Crippen LogP contribution in [0.25, 0.3) is 5.03 Å². The van der Waals surface area contributed by atoms with Crippen LogP contribution in [0.5, 0.6) is 0 Å². The quantitative estimate of drug-likeness (QED) is 0.689. The molecular weight excluding hydrogens is 209 g/mol. The number of aryl methyl sites for hydroxylation is 1. The van der Waals surface area contributed by atoms with Crippen LogP contribution in [-0.2, 0) is 6.42 Å². The van der Waals surface area contributed by atoms with E-state index >= 15 is 0 Å². The maximum atomic E-state index is 13.6. The van der Waals surface area contributed by atoms with E-state index in [1.54, 1.807) is 6.07 Å². The van der Waals surface area contributed by atoms with Gasteiger partial charge < -0.3 is 0 Å². The van der Waals surface area contributed by atoms with Crippen molar-refractivity contribution in [3.8, 4) is 0 Å². The number of hydrogen-bond donors (Lipinski definition) is 0. The summed E-state index contributed by atoms with van der Waals surface area (Å²) in [6, 6.07) is 3.38. The molecule has 1 aromatic carbocycles. The van der Waals surface area contributed by atoms with Crippen LogP contribution in [0.15, 0.2) is 18.7 Å². The zero-order valence-electron chi connectivity index (χ0n) is 9.40. The topological polar surface area (TPSA) is 0 Å². The lowest BCUT2D eigenvalue weighted by Gasteiger charge is -2.12. The molecule has 0 aliphatic heterocycles. The zero-order valence-corrected chi connectivity index (χ0v) is 10.2. The highest BCUT2D eigenvalue weighted by atomic mass is 35.5. The largest absolute Gasteiger partial charge is 0.206 e. The average molecular weight is 225 g/mol. The molecule has 1 aromatic rings. The van der Waals surface area contributed by atoms with Crippen molar-refractivity contribution in [2.24, 2.45) is 0 Å². The summed E-state index contributed by atoms with van der Waals surface area (Å²) in [6.45, 7) is 10.1. The van der Waals surface area contributed by atoms with Gasteiger partial charge in [-0.1, -0.05) is 55.8 Å². The van der Waals surface area contributed by atoms with Gasteiger partial charge >= 0.3 is 0 Å². The summed E-state index contributed by atoms with van der Waals surface area (Å²) in [6.07, 6.45) is 0.833. The highest BCUT2D eigenvalue weighted by Crippen LogP contribution is 2.20. The van der Waals surface area contributed by atoms with E-state index in [2.05, 4.69) is 20.2 Å². The van der Waals surface area contributed by atoms with Gasteiger partial charge in [-0.2, -0.15) is 0 Å². The second-order valence-electron chi connectivity index (χ2n) is 3.94. The Kier molecular flexibility index (Phi) is 3.98. The Hall–Kier alpha value is -0.755. The van der Waals surface area contributed by atoms with E-state index in [0.717, 1.165) is 17.4 Å². The molecule has 3 heteroatoms. The first-order chi connectivity index (χ1) is 6.97. The van der Waals surface area contributed by atoms with E-state index in [1.165, 1.54) is 0 Å². The van der Waals surface area contributed by atoms with Gasteiger partial charge in [-0.3, -0.25) is 0 Å². The van der Waals surface area contributed by atoms with Crippen molar-refractivity contribution >= 4 is 28.8 Å². The fourth-order valence-corrected chi connectivity index (χ4v) is 1.83. The number of halogens is 2. The van der Waals surface area contributed by atoms with Crippen LogP contribution < -0.4 is 5.46 Å². The lowest BCUT2D eigenvalue weighted by molar-refractivity contribution is 0.623. The Balaban J connectivity index is 3.37. The first kappa shape index (κ1) is 12.3. The summed E-state index contributed by atoms with van der Waals surface area (Å²) in [7, 11) is 0. The van der Waals surface area contributed by atoms with Crippen LogP contribution in [-0.4, -0.2) is 6.71 Å². The minimum atomic E-state index is -0.281. The molecule has 0 bridgehead atoms. The summed E-state index contributed by atoms with van der Waals surface area (Å²) >= 11 is 5.75. The molecule has 15 heavy (non-hydrogen) atoms.